The SMILES string of the molecule is CN1CCC(c2ccc(-c3cn(C)c([C@H]4CC[C@H](C(=O)O)CC4)n3)cc2)CC1.Cl.Cl. The molecule has 0 bridgehead atoms. The molecule has 1 aliphatic carbocycles. The molecule has 0 spiro atoms. The van der Waals surface area contributed by atoms with E-state index in [-0.39, 0.29) is 30.7 Å². The fraction of sp³-hybridized carbons (Fsp3) is 0.565. The highest BCUT2D eigenvalue weighted by molar-refractivity contribution is 5.85. The Labute approximate surface area is 191 Å². The third-order valence-corrected chi connectivity index (χ3v) is 6.75. The Hall–Kier alpha value is -1.56. The van der Waals surface area contributed by atoms with Crippen molar-refractivity contribution < 1.29 is 9.90 Å². The second-order valence-corrected chi connectivity index (χ2v) is 8.68. The predicted octanol–water partition coefficient (Wildman–Crippen LogP) is 5.10. The molecule has 1 aromatic carbocycles. The molecular formula is C23H33Cl2N3O2. The van der Waals surface area contributed by atoms with Crippen LogP contribution in [0, 0.1) is 5.92 Å². The van der Waals surface area contributed by atoms with E-state index in [1.165, 1.54) is 31.5 Å². The molecule has 2 fully saturated rings. The summed E-state index contributed by atoms with van der Waals surface area (Å²) in [7, 11) is 4.26. The molecule has 4 rings (SSSR count). The molecule has 2 aromatic rings. The first-order valence-electron chi connectivity index (χ1n) is 10.6. The van der Waals surface area contributed by atoms with Crippen molar-refractivity contribution in [1.82, 2.24) is 14.5 Å². The van der Waals surface area contributed by atoms with E-state index in [1.807, 2.05) is 0 Å². The maximum atomic E-state index is 11.2. The van der Waals surface area contributed by atoms with Crippen LogP contribution in [0.3, 0.4) is 0 Å². The van der Waals surface area contributed by atoms with Crippen molar-refractivity contribution in [2.75, 3.05) is 20.1 Å². The van der Waals surface area contributed by atoms with Gasteiger partial charge in [0.25, 0.3) is 0 Å². The average molecular weight is 454 g/mol. The van der Waals surface area contributed by atoms with Crippen LogP contribution in [0.4, 0.5) is 0 Å². The minimum atomic E-state index is -0.649. The number of nitrogens with zero attached hydrogens (tertiary/aromatic N) is 3. The van der Waals surface area contributed by atoms with E-state index < -0.39 is 5.97 Å². The van der Waals surface area contributed by atoms with Gasteiger partial charge in [-0.25, -0.2) is 4.98 Å². The maximum absolute atomic E-state index is 11.2. The zero-order valence-electron chi connectivity index (χ0n) is 17.8. The number of aryl methyl sites for hydroxylation is 1. The summed E-state index contributed by atoms with van der Waals surface area (Å²) in [5, 5.41) is 9.21. The summed E-state index contributed by atoms with van der Waals surface area (Å²) in [6, 6.07) is 8.97. The zero-order chi connectivity index (χ0) is 19.7. The lowest BCUT2D eigenvalue weighted by atomic mass is 9.81. The van der Waals surface area contributed by atoms with E-state index in [1.54, 1.807) is 0 Å². The normalized spacial score (nSPS) is 22.7. The molecule has 1 aliphatic heterocycles. The number of hydrogen-bond donors (Lipinski definition) is 1. The smallest absolute Gasteiger partial charge is 0.306 e. The summed E-state index contributed by atoms with van der Waals surface area (Å²) in [5.41, 5.74) is 3.63. The number of carboxylic acids is 1. The van der Waals surface area contributed by atoms with Crippen molar-refractivity contribution >= 4 is 30.8 Å². The molecule has 7 heteroatoms. The third kappa shape index (κ3) is 5.37. The van der Waals surface area contributed by atoms with Crippen molar-refractivity contribution in [2.45, 2.75) is 50.4 Å². The number of likely N-dealkylation sites (tertiary alicyclic amines) is 1. The first kappa shape index (κ1) is 24.7. The summed E-state index contributed by atoms with van der Waals surface area (Å²) in [5.74, 6) is 1.31. The molecule has 1 saturated carbocycles. The average Bonchev–Trinajstić information content (AvgIpc) is 3.10. The van der Waals surface area contributed by atoms with Gasteiger partial charge in [0.15, 0.2) is 0 Å². The van der Waals surface area contributed by atoms with Gasteiger partial charge < -0.3 is 14.6 Å². The number of aliphatic carboxylic acids is 1. The van der Waals surface area contributed by atoms with Crippen LogP contribution < -0.4 is 0 Å². The summed E-state index contributed by atoms with van der Waals surface area (Å²) in [6.07, 6.45) is 7.93. The Morgan fingerprint density at radius 2 is 1.53 bits per heavy atom. The molecule has 5 nitrogen and oxygen atoms in total. The van der Waals surface area contributed by atoms with E-state index in [9.17, 15) is 9.90 Å². The fourth-order valence-electron chi connectivity index (χ4n) is 4.87. The standard InChI is InChI=1S/C23H31N3O2.2ClH/c1-25-13-11-17(12-14-25)16-3-5-18(6-4-16)21-15-26(2)22(24-21)19-7-9-20(10-8-19)23(27)28;;/h3-6,15,17,19-20H,7-14H2,1-2H3,(H,27,28);2*1H/t19-,20-;;. The van der Waals surface area contributed by atoms with E-state index in [0.29, 0.717) is 11.8 Å². The Morgan fingerprint density at radius 3 is 2.10 bits per heavy atom. The summed E-state index contributed by atoms with van der Waals surface area (Å²) >= 11 is 0. The van der Waals surface area contributed by atoms with E-state index >= 15 is 0 Å². The Morgan fingerprint density at radius 1 is 0.933 bits per heavy atom. The fourth-order valence-corrected chi connectivity index (χ4v) is 4.87. The van der Waals surface area contributed by atoms with Gasteiger partial charge in [0.1, 0.15) is 5.82 Å². The molecule has 1 aromatic heterocycles. The summed E-state index contributed by atoms with van der Waals surface area (Å²) < 4.78 is 2.13. The molecular weight excluding hydrogens is 421 g/mol. The van der Waals surface area contributed by atoms with Crippen molar-refractivity contribution in [3.05, 3.63) is 41.9 Å². The lowest BCUT2D eigenvalue weighted by molar-refractivity contribution is -0.142. The number of carboxylic acid groups (broad SMARTS) is 1. The molecule has 1 saturated heterocycles. The molecule has 0 radical (unpaired) electrons. The maximum Gasteiger partial charge on any atom is 0.306 e. The highest BCUT2D eigenvalue weighted by Gasteiger charge is 2.29. The lowest BCUT2D eigenvalue weighted by Crippen LogP contribution is -2.29. The predicted molar refractivity (Wildman–Crippen MR) is 125 cm³/mol. The van der Waals surface area contributed by atoms with Crippen LogP contribution in [0.15, 0.2) is 30.5 Å². The van der Waals surface area contributed by atoms with Crippen LogP contribution in [0.5, 0.6) is 0 Å². The number of hydrogen-bond acceptors (Lipinski definition) is 3. The van der Waals surface area contributed by atoms with E-state index in [2.05, 4.69) is 54.0 Å². The molecule has 2 aliphatic rings. The topological polar surface area (TPSA) is 58.4 Å². The van der Waals surface area contributed by atoms with Crippen molar-refractivity contribution in [1.29, 1.82) is 0 Å². The van der Waals surface area contributed by atoms with Crippen LogP contribution in [0.25, 0.3) is 11.3 Å². The molecule has 30 heavy (non-hydrogen) atoms. The van der Waals surface area contributed by atoms with Gasteiger partial charge in [-0.15, -0.1) is 24.8 Å². The quantitative estimate of drug-likeness (QED) is 0.699. The highest BCUT2D eigenvalue weighted by Crippen LogP contribution is 2.36. The molecule has 1 N–H and O–H groups in total. The first-order chi connectivity index (χ1) is 13.5. The molecule has 0 atom stereocenters. The molecule has 0 amide bonds. The number of aromatic nitrogens is 2. The number of piperidine rings is 1. The van der Waals surface area contributed by atoms with Crippen LogP contribution in [-0.2, 0) is 11.8 Å². The second kappa shape index (κ2) is 10.7. The number of rotatable bonds is 4. The molecule has 0 unspecified atom stereocenters. The van der Waals surface area contributed by atoms with Crippen LogP contribution in [-0.4, -0.2) is 45.7 Å². The second-order valence-electron chi connectivity index (χ2n) is 8.68. The van der Waals surface area contributed by atoms with E-state index in [4.69, 9.17) is 4.98 Å². The lowest BCUT2D eigenvalue weighted by Gasteiger charge is -2.29. The van der Waals surface area contributed by atoms with Gasteiger partial charge in [0, 0.05) is 24.7 Å². The first-order valence-corrected chi connectivity index (χ1v) is 10.6. The minimum Gasteiger partial charge on any atom is -0.481 e. The van der Waals surface area contributed by atoms with Crippen molar-refractivity contribution in [3.63, 3.8) is 0 Å². The highest BCUT2D eigenvalue weighted by atomic mass is 35.5. The molecule has 2 heterocycles. The number of halogens is 2. The van der Waals surface area contributed by atoms with Crippen molar-refractivity contribution in [3.8, 4) is 11.3 Å². The number of benzene rings is 1. The van der Waals surface area contributed by atoms with Gasteiger partial charge in [0.2, 0.25) is 0 Å². The third-order valence-electron chi connectivity index (χ3n) is 6.75. The minimum absolute atomic E-state index is 0. The van der Waals surface area contributed by atoms with Gasteiger partial charge >= 0.3 is 5.97 Å². The van der Waals surface area contributed by atoms with Gasteiger partial charge in [-0.05, 0) is 70.1 Å². The van der Waals surface area contributed by atoms with Crippen molar-refractivity contribution in [2.24, 2.45) is 13.0 Å². The number of carbonyl (C=O) groups is 1. The van der Waals surface area contributed by atoms with Crippen LogP contribution in [0.2, 0.25) is 0 Å². The zero-order valence-corrected chi connectivity index (χ0v) is 19.4. The van der Waals surface area contributed by atoms with Gasteiger partial charge in [-0.3, -0.25) is 4.79 Å². The van der Waals surface area contributed by atoms with Gasteiger partial charge in [-0.1, -0.05) is 24.3 Å². The van der Waals surface area contributed by atoms with Gasteiger partial charge in [0.05, 0.1) is 11.6 Å². The summed E-state index contributed by atoms with van der Waals surface area (Å²) in [4.78, 5) is 18.5. The van der Waals surface area contributed by atoms with Crippen LogP contribution in [0.1, 0.15) is 61.7 Å². The monoisotopic (exact) mass is 453 g/mol. The van der Waals surface area contributed by atoms with Gasteiger partial charge in [-0.2, -0.15) is 0 Å². The summed E-state index contributed by atoms with van der Waals surface area (Å²) in [6.45, 7) is 2.36. The van der Waals surface area contributed by atoms with Crippen LogP contribution >= 0.6 is 24.8 Å². The Bertz CT molecular complexity index is 821. The van der Waals surface area contributed by atoms with E-state index in [0.717, 1.165) is 42.8 Å². The molecule has 166 valence electrons. The number of imidazole rings is 1. The Balaban J connectivity index is 0.00000160. The Kier molecular flexibility index (Phi) is 8.77. The largest absolute Gasteiger partial charge is 0.481 e.